The van der Waals surface area contributed by atoms with E-state index < -0.39 is 5.97 Å². The largest absolute Gasteiger partial charge is 0.478 e. The highest BCUT2D eigenvalue weighted by atomic mass is 16.4. The maximum absolute atomic E-state index is 10.7. The molecule has 1 aromatic carbocycles. The number of carboxylic acids is 1. The van der Waals surface area contributed by atoms with E-state index in [0.29, 0.717) is 11.6 Å². The maximum atomic E-state index is 10.7. The second kappa shape index (κ2) is 3.92. The van der Waals surface area contributed by atoms with Crippen molar-refractivity contribution in [2.75, 3.05) is 0 Å². The number of hydrogen-bond donors (Lipinski definition) is 1. The van der Waals surface area contributed by atoms with E-state index in [2.05, 4.69) is 15.1 Å². The molecule has 6 nitrogen and oxygen atoms in total. The minimum Gasteiger partial charge on any atom is -0.478 e. The fourth-order valence-electron chi connectivity index (χ4n) is 1.62. The van der Waals surface area contributed by atoms with Gasteiger partial charge in [0.1, 0.15) is 0 Å². The summed E-state index contributed by atoms with van der Waals surface area (Å²) in [6.07, 6.45) is 3.39. The molecule has 18 heavy (non-hydrogen) atoms. The molecular weight excluding hydrogens is 232 g/mol. The lowest BCUT2D eigenvalue weighted by molar-refractivity contribution is 0.0697. The van der Waals surface area contributed by atoms with E-state index in [1.165, 1.54) is 12.1 Å². The molecule has 0 bridgehead atoms. The normalized spacial score (nSPS) is 10.7. The van der Waals surface area contributed by atoms with Gasteiger partial charge in [-0.25, -0.2) is 14.3 Å². The first-order chi connectivity index (χ1) is 8.74. The number of aromatic carboxylic acids is 1. The van der Waals surface area contributed by atoms with Crippen LogP contribution in [-0.2, 0) is 0 Å². The Morgan fingerprint density at radius 3 is 2.67 bits per heavy atom. The van der Waals surface area contributed by atoms with E-state index in [1.54, 1.807) is 35.1 Å². The predicted octanol–water partition coefficient (Wildman–Crippen LogP) is 1.49. The molecule has 0 atom stereocenters. The second-order valence-corrected chi connectivity index (χ2v) is 3.68. The Labute approximate surface area is 102 Å². The van der Waals surface area contributed by atoms with Gasteiger partial charge in [-0.3, -0.25) is 0 Å². The number of nitrogens with zero attached hydrogens (tertiary/aromatic N) is 4. The van der Waals surface area contributed by atoms with Crippen LogP contribution in [0.25, 0.3) is 17.2 Å². The lowest BCUT2D eigenvalue weighted by Crippen LogP contribution is -1.95. The van der Waals surface area contributed by atoms with Crippen LogP contribution in [-0.4, -0.2) is 30.7 Å². The highest BCUT2D eigenvalue weighted by Crippen LogP contribution is 2.16. The summed E-state index contributed by atoms with van der Waals surface area (Å²) in [5, 5.41) is 13.1. The third-order valence-corrected chi connectivity index (χ3v) is 2.51. The summed E-state index contributed by atoms with van der Waals surface area (Å²) in [6.45, 7) is 0. The third kappa shape index (κ3) is 1.69. The standard InChI is InChI=1S/C12H8N4O2/c17-11(18)9-4-2-8(3-5-9)10-14-12-13-6-1-7-16(12)15-10/h1-7H,(H,17,18). The number of fused-ring (bicyclic) bond motifs is 1. The number of aromatic nitrogens is 4. The molecule has 0 amide bonds. The first-order valence-electron chi connectivity index (χ1n) is 5.25. The van der Waals surface area contributed by atoms with Crippen molar-refractivity contribution in [2.24, 2.45) is 0 Å². The molecule has 0 aliphatic carbocycles. The Kier molecular flexibility index (Phi) is 2.26. The first-order valence-corrected chi connectivity index (χ1v) is 5.25. The van der Waals surface area contributed by atoms with Crippen molar-refractivity contribution in [3.63, 3.8) is 0 Å². The van der Waals surface area contributed by atoms with E-state index in [1.807, 2.05) is 0 Å². The van der Waals surface area contributed by atoms with Gasteiger partial charge >= 0.3 is 5.97 Å². The minimum atomic E-state index is -0.953. The second-order valence-electron chi connectivity index (χ2n) is 3.68. The SMILES string of the molecule is O=C(O)c1ccc(-c2nc3ncccn3n2)cc1. The van der Waals surface area contributed by atoms with Crippen molar-refractivity contribution in [1.82, 2.24) is 19.6 Å². The van der Waals surface area contributed by atoms with Crippen LogP contribution in [0.1, 0.15) is 10.4 Å². The van der Waals surface area contributed by atoms with Crippen LogP contribution in [0.15, 0.2) is 42.7 Å². The molecule has 0 fully saturated rings. The van der Waals surface area contributed by atoms with Gasteiger partial charge < -0.3 is 5.11 Å². The molecule has 6 heteroatoms. The van der Waals surface area contributed by atoms with E-state index in [0.717, 1.165) is 5.56 Å². The van der Waals surface area contributed by atoms with Gasteiger partial charge in [0.25, 0.3) is 5.78 Å². The van der Waals surface area contributed by atoms with Crippen molar-refractivity contribution in [3.05, 3.63) is 48.3 Å². The maximum Gasteiger partial charge on any atom is 0.335 e. The van der Waals surface area contributed by atoms with Crippen LogP contribution in [0, 0.1) is 0 Å². The van der Waals surface area contributed by atoms with Crippen molar-refractivity contribution >= 4 is 11.7 Å². The molecule has 1 N–H and O–H groups in total. The Morgan fingerprint density at radius 1 is 1.22 bits per heavy atom. The van der Waals surface area contributed by atoms with Gasteiger partial charge in [-0.05, 0) is 18.2 Å². The average molecular weight is 240 g/mol. The highest BCUT2D eigenvalue weighted by molar-refractivity contribution is 5.88. The summed E-state index contributed by atoms with van der Waals surface area (Å²) in [7, 11) is 0. The summed E-state index contributed by atoms with van der Waals surface area (Å²) in [4.78, 5) is 19.1. The van der Waals surface area contributed by atoms with Crippen LogP contribution < -0.4 is 0 Å². The van der Waals surface area contributed by atoms with Crippen molar-refractivity contribution in [2.45, 2.75) is 0 Å². The zero-order valence-electron chi connectivity index (χ0n) is 9.19. The summed E-state index contributed by atoms with van der Waals surface area (Å²) >= 11 is 0. The van der Waals surface area contributed by atoms with Gasteiger partial charge in [-0.15, -0.1) is 5.10 Å². The molecule has 2 aromatic heterocycles. The lowest BCUT2D eigenvalue weighted by Gasteiger charge is -1.96. The van der Waals surface area contributed by atoms with Gasteiger partial charge in [-0.2, -0.15) is 4.98 Å². The monoisotopic (exact) mass is 240 g/mol. The van der Waals surface area contributed by atoms with Crippen LogP contribution in [0.5, 0.6) is 0 Å². The zero-order chi connectivity index (χ0) is 12.5. The Hall–Kier alpha value is -2.76. The minimum absolute atomic E-state index is 0.237. The smallest absolute Gasteiger partial charge is 0.335 e. The molecule has 0 aliphatic heterocycles. The van der Waals surface area contributed by atoms with Gasteiger partial charge in [-0.1, -0.05) is 12.1 Å². The number of benzene rings is 1. The molecule has 0 aliphatic rings. The van der Waals surface area contributed by atoms with Crippen molar-refractivity contribution in [3.8, 4) is 11.4 Å². The zero-order valence-corrected chi connectivity index (χ0v) is 9.19. The fourth-order valence-corrected chi connectivity index (χ4v) is 1.62. The molecular formula is C12H8N4O2. The number of rotatable bonds is 2. The van der Waals surface area contributed by atoms with Gasteiger partial charge in [0.2, 0.25) is 0 Å². The molecule has 2 heterocycles. The molecule has 88 valence electrons. The number of carbonyl (C=O) groups is 1. The van der Waals surface area contributed by atoms with E-state index in [9.17, 15) is 4.79 Å². The molecule has 3 rings (SSSR count). The quantitative estimate of drug-likeness (QED) is 0.734. The topological polar surface area (TPSA) is 80.4 Å². The lowest BCUT2D eigenvalue weighted by atomic mass is 10.1. The molecule has 0 radical (unpaired) electrons. The molecule has 0 spiro atoms. The molecule has 0 saturated heterocycles. The molecule has 3 aromatic rings. The molecule has 0 unspecified atom stereocenters. The number of carboxylic acid groups (broad SMARTS) is 1. The average Bonchev–Trinajstić information content (AvgIpc) is 2.82. The summed E-state index contributed by atoms with van der Waals surface area (Å²) < 4.78 is 1.57. The highest BCUT2D eigenvalue weighted by Gasteiger charge is 2.08. The fraction of sp³-hybridized carbons (Fsp3) is 0. The summed E-state index contributed by atoms with van der Waals surface area (Å²) in [6, 6.07) is 8.17. The van der Waals surface area contributed by atoms with E-state index in [4.69, 9.17) is 5.11 Å². The van der Waals surface area contributed by atoms with Gasteiger partial charge in [0.05, 0.1) is 5.56 Å². The van der Waals surface area contributed by atoms with Crippen LogP contribution in [0.3, 0.4) is 0 Å². The third-order valence-electron chi connectivity index (χ3n) is 2.51. The predicted molar refractivity (Wildman–Crippen MR) is 63.2 cm³/mol. The van der Waals surface area contributed by atoms with Crippen molar-refractivity contribution in [1.29, 1.82) is 0 Å². The first kappa shape index (κ1) is 10.4. The number of hydrogen-bond acceptors (Lipinski definition) is 4. The summed E-state index contributed by atoms with van der Waals surface area (Å²) in [5.41, 5.74) is 0.992. The van der Waals surface area contributed by atoms with E-state index in [-0.39, 0.29) is 5.56 Å². The van der Waals surface area contributed by atoms with Crippen molar-refractivity contribution < 1.29 is 9.90 Å². The van der Waals surface area contributed by atoms with Crippen LogP contribution in [0.2, 0.25) is 0 Å². The van der Waals surface area contributed by atoms with Crippen LogP contribution >= 0.6 is 0 Å². The Balaban J connectivity index is 2.06. The van der Waals surface area contributed by atoms with Crippen LogP contribution in [0.4, 0.5) is 0 Å². The Morgan fingerprint density at radius 2 is 2.00 bits per heavy atom. The Bertz CT molecular complexity index is 685. The van der Waals surface area contributed by atoms with Gasteiger partial charge in [0, 0.05) is 18.0 Å². The van der Waals surface area contributed by atoms with Gasteiger partial charge in [0.15, 0.2) is 5.82 Å². The summed E-state index contributed by atoms with van der Waals surface area (Å²) in [5.74, 6) is 0.0756. The van der Waals surface area contributed by atoms with E-state index >= 15 is 0 Å². The molecule has 0 saturated carbocycles.